The number of carboxylic acid groups (broad SMARTS) is 1. The van der Waals surface area contributed by atoms with Crippen molar-refractivity contribution in [2.24, 2.45) is 0 Å². The number of carbonyl (C=O) groups excluding carboxylic acids is 2. The molecule has 2 unspecified atom stereocenters. The van der Waals surface area contributed by atoms with Gasteiger partial charge in [0.15, 0.2) is 6.10 Å². The van der Waals surface area contributed by atoms with Crippen LogP contribution >= 0.6 is 0 Å². The molecule has 0 heterocycles. The van der Waals surface area contributed by atoms with Crippen LogP contribution in [-0.2, 0) is 33.3 Å². The maximum Gasteiger partial charge on any atom is 0.361 e. The van der Waals surface area contributed by atoms with Crippen LogP contribution in [0.5, 0.6) is 0 Å². The summed E-state index contributed by atoms with van der Waals surface area (Å²) < 4.78 is 22.7. The number of quaternary nitrogens is 1. The molecule has 0 fully saturated rings. The maximum absolute atomic E-state index is 12.8. The van der Waals surface area contributed by atoms with Crippen molar-refractivity contribution >= 4 is 17.9 Å². The molecule has 9 nitrogen and oxygen atoms in total. The van der Waals surface area contributed by atoms with Crippen LogP contribution in [0.25, 0.3) is 0 Å². The van der Waals surface area contributed by atoms with Crippen molar-refractivity contribution in [1.82, 2.24) is 0 Å². The summed E-state index contributed by atoms with van der Waals surface area (Å²) in [6.07, 6.45) is 55.6. The molecule has 2 atom stereocenters. The summed E-state index contributed by atoms with van der Waals surface area (Å²) in [7, 11) is 5.93. The third-order valence-corrected chi connectivity index (χ3v) is 10.7. The molecule has 368 valence electrons. The molecular weight excluding hydrogens is 803 g/mol. The molecular formula is C55H96NO8+. The lowest BCUT2D eigenvalue weighted by molar-refractivity contribution is -0.870. The Kier molecular flexibility index (Phi) is 43.9. The molecule has 0 aromatic carbocycles. The van der Waals surface area contributed by atoms with Crippen LogP contribution in [0, 0.1) is 0 Å². The molecule has 0 aliphatic rings. The predicted octanol–water partition coefficient (Wildman–Crippen LogP) is 14.3. The van der Waals surface area contributed by atoms with E-state index in [0.717, 1.165) is 57.8 Å². The van der Waals surface area contributed by atoms with Crippen LogP contribution in [0.1, 0.15) is 200 Å². The number of nitrogens with zero attached hydrogens (tertiary/aromatic N) is 1. The average molecular weight is 899 g/mol. The lowest BCUT2D eigenvalue weighted by Crippen LogP contribution is -2.40. The number of esters is 2. The van der Waals surface area contributed by atoms with Gasteiger partial charge in [-0.3, -0.25) is 9.59 Å². The number of carbonyl (C=O) groups is 3. The van der Waals surface area contributed by atoms with Crippen molar-refractivity contribution in [3.63, 3.8) is 0 Å². The first-order valence-electron chi connectivity index (χ1n) is 25.6. The fraction of sp³-hybridized carbons (Fsp3) is 0.727. The van der Waals surface area contributed by atoms with Crippen molar-refractivity contribution in [2.75, 3.05) is 47.5 Å². The lowest BCUT2D eigenvalue weighted by atomic mass is 10.0. The molecule has 0 spiro atoms. The van der Waals surface area contributed by atoms with Gasteiger partial charge in [0.05, 0.1) is 34.4 Å². The molecule has 0 saturated carbocycles. The van der Waals surface area contributed by atoms with E-state index in [2.05, 4.69) is 74.6 Å². The van der Waals surface area contributed by atoms with Crippen LogP contribution in [0.15, 0.2) is 72.9 Å². The van der Waals surface area contributed by atoms with Gasteiger partial charge in [-0.1, -0.05) is 209 Å². The Balaban J connectivity index is 4.44. The minimum absolute atomic E-state index is 0.133. The van der Waals surface area contributed by atoms with Crippen LogP contribution in [0.4, 0.5) is 0 Å². The Labute approximate surface area is 392 Å². The van der Waals surface area contributed by atoms with Gasteiger partial charge in [0, 0.05) is 12.8 Å². The summed E-state index contributed by atoms with van der Waals surface area (Å²) in [5.74, 6) is -2.12. The first kappa shape index (κ1) is 60.7. The van der Waals surface area contributed by atoms with Gasteiger partial charge in [-0.05, 0) is 51.4 Å². The number of hydrogen-bond acceptors (Lipinski definition) is 7. The summed E-state index contributed by atoms with van der Waals surface area (Å²) >= 11 is 0. The van der Waals surface area contributed by atoms with Gasteiger partial charge in [-0.15, -0.1) is 0 Å². The topological polar surface area (TPSA) is 108 Å². The fourth-order valence-corrected chi connectivity index (χ4v) is 6.80. The summed E-state index contributed by atoms with van der Waals surface area (Å²) in [6, 6.07) is 0. The molecule has 1 N–H and O–H groups in total. The lowest BCUT2D eigenvalue weighted by Gasteiger charge is -2.25. The van der Waals surface area contributed by atoms with E-state index >= 15 is 0 Å². The molecule has 0 saturated heterocycles. The minimum Gasteiger partial charge on any atom is -0.477 e. The number of unbranched alkanes of at least 4 members (excludes halogenated alkanes) is 19. The number of hydrogen-bond donors (Lipinski definition) is 1. The molecule has 0 bridgehead atoms. The summed E-state index contributed by atoms with van der Waals surface area (Å²) in [4.78, 5) is 37.2. The summed E-state index contributed by atoms with van der Waals surface area (Å²) in [5.41, 5.74) is 0. The van der Waals surface area contributed by atoms with Gasteiger partial charge in [0.2, 0.25) is 0 Å². The fourth-order valence-electron chi connectivity index (χ4n) is 6.80. The number of allylic oxidation sites excluding steroid dienone is 12. The van der Waals surface area contributed by atoms with Crippen LogP contribution in [0.3, 0.4) is 0 Å². The largest absolute Gasteiger partial charge is 0.477 e. The van der Waals surface area contributed by atoms with Crippen molar-refractivity contribution in [3.8, 4) is 0 Å². The predicted molar refractivity (Wildman–Crippen MR) is 267 cm³/mol. The normalized spacial score (nSPS) is 13.5. The quantitative estimate of drug-likeness (QED) is 0.0212. The van der Waals surface area contributed by atoms with Gasteiger partial charge in [0.1, 0.15) is 13.2 Å². The molecule has 0 amide bonds. The average Bonchev–Trinajstić information content (AvgIpc) is 3.26. The van der Waals surface area contributed by atoms with Crippen LogP contribution in [0.2, 0.25) is 0 Å². The third kappa shape index (κ3) is 46.7. The van der Waals surface area contributed by atoms with E-state index in [4.69, 9.17) is 18.9 Å². The monoisotopic (exact) mass is 899 g/mol. The Hall–Kier alpha value is -3.27. The highest BCUT2D eigenvalue weighted by Gasteiger charge is 2.25. The van der Waals surface area contributed by atoms with Crippen molar-refractivity contribution in [1.29, 1.82) is 0 Å². The molecule has 0 aromatic heterocycles. The molecule has 0 radical (unpaired) electrons. The minimum atomic E-state index is -1.53. The highest BCUT2D eigenvalue weighted by molar-refractivity contribution is 5.71. The molecule has 0 aliphatic heterocycles. The second-order valence-corrected chi connectivity index (χ2v) is 18.1. The van der Waals surface area contributed by atoms with E-state index in [9.17, 15) is 19.5 Å². The molecule has 64 heavy (non-hydrogen) atoms. The maximum atomic E-state index is 12.8. The second-order valence-electron chi connectivity index (χ2n) is 18.1. The van der Waals surface area contributed by atoms with Gasteiger partial charge < -0.3 is 28.5 Å². The van der Waals surface area contributed by atoms with Crippen molar-refractivity contribution in [2.45, 2.75) is 212 Å². The van der Waals surface area contributed by atoms with Crippen molar-refractivity contribution in [3.05, 3.63) is 72.9 Å². The Morgan fingerprint density at radius 3 is 1.30 bits per heavy atom. The van der Waals surface area contributed by atoms with Gasteiger partial charge in [0.25, 0.3) is 6.29 Å². The SMILES string of the molecule is CC/C=C\C/C=C\C/C=C\C/C=C\C/C=C\C/C=C\CCC(=O)OC(COC(=O)CCCCCCCCCCCCCCCCCCCCCC)COC(OCC[N+](C)(C)C)C(=O)O. The van der Waals surface area contributed by atoms with Gasteiger partial charge in [-0.2, -0.15) is 0 Å². The number of ether oxygens (including phenoxy) is 4. The number of likely N-dealkylation sites (N-methyl/N-ethyl adjacent to an activating group) is 1. The van der Waals surface area contributed by atoms with Gasteiger partial charge in [-0.25, -0.2) is 4.79 Å². The zero-order valence-electron chi connectivity index (χ0n) is 41.7. The smallest absolute Gasteiger partial charge is 0.361 e. The van der Waals surface area contributed by atoms with E-state index < -0.39 is 24.3 Å². The zero-order chi connectivity index (χ0) is 47.0. The number of rotatable bonds is 46. The number of aliphatic carboxylic acids is 1. The molecule has 0 aliphatic carbocycles. The van der Waals surface area contributed by atoms with E-state index in [-0.39, 0.29) is 38.6 Å². The Morgan fingerprint density at radius 2 is 0.891 bits per heavy atom. The first-order valence-corrected chi connectivity index (χ1v) is 25.6. The van der Waals surface area contributed by atoms with E-state index in [0.29, 0.717) is 17.4 Å². The summed E-state index contributed by atoms with van der Waals surface area (Å²) in [6.45, 7) is 4.68. The number of carboxylic acids is 1. The second kappa shape index (κ2) is 46.3. The van der Waals surface area contributed by atoms with Gasteiger partial charge >= 0.3 is 17.9 Å². The van der Waals surface area contributed by atoms with E-state index in [1.807, 2.05) is 33.3 Å². The van der Waals surface area contributed by atoms with E-state index in [1.54, 1.807) is 0 Å². The van der Waals surface area contributed by atoms with Crippen LogP contribution in [-0.4, -0.2) is 87.4 Å². The van der Waals surface area contributed by atoms with Crippen molar-refractivity contribution < 1.29 is 42.9 Å². The highest BCUT2D eigenvalue weighted by atomic mass is 16.7. The highest BCUT2D eigenvalue weighted by Crippen LogP contribution is 2.16. The standard InChI is InChI=1S/C55H95NO8/c1-6-8-10-12-14-16-18-20-22-24-26-28-29-31-33-35-37-39-41-43-45-52(57)62-49-51(50-63-55(54(59)60)61-48-47-56(3,4)5)64-53(58)46-44-42-40-38-36-34-32-30-27-25-23-21-19-17-15-13-11-9-7-2/h9,11,15,17,21,23,27,30,34,36,40,42,51,55H,6-8,10,12-14,16,18-20,22,24-26,28-29,31-33,35,37-39,41,43-50H2,1-5H3/p+1/b11-9-,17-15-,23-21-,30-27-,36-34-,42-40-. The molecule has 9 heteroatoms. The molecule has 0 aromatic rings. The van der Waals surface area contributed by atoms with E-state index in [1.165, 1.54) is 109 Å². The summed E-state index contributed by atoms with van der Waals surface area (Å²) in [5, 5.41) is 9.66. The molecule has 0 rings (SSSR count). The Bertz CT molecular complexity index is 1280. The van der Waals surface area contributed by atoms with Crippen LogP contribution < -0.4 is 0 Å². The Morgan fingerprint density at radius 1 is 0.484 bits per heavy atom. The first-order chi connectivity index (χ1) is 31.1. The third-order valence-electron chi connectivity index (χ3n) is 10.7. The zero-order valence-corrected chi connectivity index (χ0v) is 41.7.